The highest BCUT2D eigenvalue weighted by molar-refractivity contribution is 7.90. The Morgan fingerprint density at radius 1 is 1.19 bits per heavy atom. The molecule has 0 amide bonds. The van der Waals surface area contributed by atoms with Crippen molar-refractivity contribution >= 4 is 15.9 Å². The van der Waals surface area contributed by atoms with E-state index in [0.717, 1.165) is 17.1 Å². The van der Waals surface area contributed by atoms with E-state index in [9.17, 15) is 18.0 Å². The molecule has 0 unspecified atom stereocenters. The van der Waals surface area contributed by atoms with Crippen molar-refractivity contribution in [2.24, 2.45) is 5.92 Å². The summed E-state index contributed by atoms with van der Waals surface area (Å²) in [6.07, 6.45) is 1.60. The molecule has 21 heavy (non-hydrogen) atoms. The van der Waals surface area contributed by atoms with Gasteiger partial charge >= 0.3 is 15.9 Å². The van der Waals surface area contributed by atoms with Gasteiger partial charge in [-0.15, -0.1) is 0 Å². The van der Waals surface area contributed by atoms with Gasteiger partial charge in [0.15, 0.2) is 0 Å². The number of hydrogen-bond acceptors (Lipinski definition) is 4. The molecule has 0 bridgehead atoms. The van der Waals surface area contributed by atoms with Crippen molar-refractivity contribution in [1.29, 1.82) is 0 Å². The lowest BCUT2D eigenvalue weighted by molar-refractivity contribution is 0.287. The number of aromatic nitrogens is 2. The molecule has 0 radical (unpaired) electrons. The number of piperidine rings is 1. The van der Waals surface area contributed by atoms with E-state index in [1.54, 1.807) is 0 Å². The number of anilines is 1. The zero-order chi connectivity index (χ0) is 15.8. The molecular formula is C12H20N4O4S. The normalized spacial score (nSPS) is 17.9. The number of nitrogens with one attached hydrogen (secondary N) is 2. The van der Waals surface area contributed by atoms with E-state index in [2.05, 4.69) is 16.9 Å². The molecule has 1 aliphatic heterocycles. The summed E-state index contributed by atoms with van der Waals surface area (Å²) in [6.45, 7) is 4.46. The molecule has 0 aliphatic carbocycles. The number of nitrogens with zero attached hydrogens (tertiary/aromatic N) is 2. The van der Waals surface area contributed by atoms with Gasteiger partial charge in [0.2, 0.25) is 0 Å². The molecule has 9 heteroatoms. The molecule has 2 heterocycles. The number of aromatic amines is 2. The first-order valence-electron chi connectivity index (χ1n) is 6.80. The van der Waals surface area contributed by atoms with Gasteiger partial charge in [-0.2, -0.15) is 12.7 Å². The quantitative estimate of drug-likeness (QED) is 0.804. The molecular weight excluding hydrogens is 296 g/mol. The Labute approximate surface area is 123 Å². The van der Waals surface area contributed by atoms with Gasteiger partial charge in [0.05, 0.1) is 0 Å². The van der Waals surface area contributed by atoms with Crippen molar-refractivity contribution in [2.75, 3.05) is 24.4 Å². The van der Waals surface area contributed by atoms with Crippen molar-refractivity contribution < 1.29 is 8.42 Å². The third-order valence-corrected chi connectivity index (χ3v) is 5.72. The molecule has 1 aromatic heterocycles. The summed E-state index contributed by atoms with van der Waals surface area (Å²) in [5.74, 6) is 0.500. The second-order valence-corrected chi connectivity index (χ2v) is 7.40. The second kappa shape index (κ2) is 5.64. The summed E-state index contributed by atoms with van der Waals surface area (Å²) in [5, 5.41) is 0. The lowest BCUT2D eigenvalue weighted by atomic mass is 10.0. The van der Waals surface area contributed by atoms with Crippen LogP contribution in [0.25, 0.3) is 0 Å². The van der Waals surface area contributed by atoms with Crippen LogP contribution in [0, 0.1) is 12.8 Å². The van der Waals surface area contributed by atoms with Gasteiger partial charge < -0.3 is 4.98 Å². The highest BCUT2D eigenvalue weighted by Crippen LogP contribution is 2.22. The monoisotopic (exact) mass is 316 g/mol. The lowest BCUT2D eigenvalue weighted by Gasteiger charge is -2.33. The van der Waals surface area contributed by atoms with Gasteiger partial charge in [-0.25, -0.2) is 4.79 Å². The second-order valence-electron chi connectivity index (χ2n) is 5.44. The van der Waals surface area contributed by atoms with Crippen LogP contribution in [-0.2, 0) is 10.2 Å². The minimum Gasteiger partial charge on any atom is -0.309 e. The van der Waals surface area contributed by atoms with E-state index in [0.29, 0.717) is 19.0 Å². The van der Waals surface area contributed by atoms with E-state index in [-0.39, 0.29) is 11.4 Å². The summed E-state index contributed by atoms with van der Waals surface area (Å²) in [6, 6.07) is 0. The Hall–Kier alpha value is -1.61. The fourth-order valence-electron chi connectivity index (χ4n) is 2.48. The first-order valence-corrected chi connectivity index (χ1v) is 8.20. The van der Waals surface area contributed by atoms with E-state index >= 15 is 0 Å². The summed E-state index contributed by atoms with van der Waals surface area (Å²) < 4.78 is 27.5. The van der Waals surface area contributed by atoms with E-state index in [1.165, 1.54) is 18.3 Å². The number of rotatable bonds is 3. The number of hydrogen-bond donors (Lipinski definition) is 2. The molecule has 1 aromatic rings. The van der Waals surface area contributed by atoms with Crippen LogP contribution in [0.15, 0.2) is 9.59 Å². The summed E-state index contributed by atoms with van der Waals surface area (Å²) in [4.78, 5) is 27.5. The molecule has 1 saturated heterocycles. The van der Waals surface area contributed by atoms with Gasteiger partial charge in [0, 0.05) is 25.8 Å². The fourth-order valence-corrected chi connectivity index (χ4v) is 3.95. The first-order chi connectivity index (χ1) is 9.73. The smallest absolute Gasteiger partial charge is 0.309 e. The molecule has 0 atom stereocenters. The fraction of sp³-hybridized carbons (Fsp3) is 0.667. The van der Waals surface area contributed by atoms with Crippen molar-refractivity contribution in [3.63, 3.8) is 0 Å². The predicted octanol–water partition coefficient (Wildman–Crippen LogP) is -0.215. The Bertz CT molecular complexity index is 728. The Kier molecular flexibility index (Phi) is 4.24. The van der Waals surface area contributed by atoms with Crippen LogP contribution >= 0.6 is 0 Å². The molecule has 118 valence electrons. The molecule has 0 saturated carbocycles. The van der Waals surface area contributed by atoms with Gasteiger partial charge in [-0.1, -0.05) is 6.92 Å². The Balaban J connectivity index is 2.37. The predicted molar refractivity (Wildman–Crippen MR) is 79.7 cm³/mol. The zero-order valence-electron chi connectivity index (χ0n) is 12.3. The van der Waals surface area contributed by atoms with Gasteiger partial charge in [0.25, 0.3) is 5.56 Å². The molecule has 1 aliphatic rings. The maximum atomic E-state index is 12.6. The maximum Gasteiger partial charge on any atom is 0.326 e. The standard InChI is InChI=1S/C12H20N4O4S/c1-8-4-6-16(7-5-8)21(19,20)15(3)10-9(2)13-12(18)14-11(10)17/h8H,4-7H2,1-3H3,(H2,13,14,17,18). The SMILES string of the molecule is Cc1[nH]c(=O)[nH]c(=O)c1N(C)S(=O)(=O)N1CCC(C)CC1. The van der Waals surface area contributed by atoms with E-state index < -0.39 is 21.5 Å². The molecule has 0 aromatic carbocycles. The van der Waals surface area contributed by atoms with Crippen LogP contribution in [0.3, 0.4) is 0 Å². The third kappa shape index (κ3) is 3.03. The Morgan fingerprint density at radius 3 is 2.29 bits per heavy atom. The lowest BCUT2D eigenvalue weighted by Crippen LogP contribution is -2.47. The van der Waals surface area contributed by atoms with E-state index in [1.807, 2.05) is 0 Å². The molecule has 2 rings (SSSR count). The molecule has 2 N–H and O–H groups in total. The summed E-state index contributed by atoms with van der Waals surface area (Å²) in [7, 11) is -2.45. The van der Waals surface area contributed by atoms with Crippen molar-refractivity contribution in [1.82, 2.24) is 14.3 Å². The van der Waals surface area contributed by atoms with Crippen LogP contribution in [0.1, 0.15) is 25.5 Å². The zero-order valence-corrected chi connectivity index (χ0v) is 13.2. The average Bonchev–Trinajstić information content (AvgIpc) is 2.37. The molecule has 0 spiro atoms. The van der Waals surface area contributed by atoms with Crippen molar-refractivity contribution in [3.05, 3.63) is 26.5 Å². The van der Waals surface area contributed by atoms with Crippen LogP contribution in [0.4, 0.5) is 5.69 Å². The summed E-state index contributed by atoms with van der Waals surface area (Å²) in [5.41, 5.74) is -1.21. The van der Waals surface area contributed by atoms with Crippen molar-refractivity contribution in [3.8, 4) is 0 Å². The summed E-state index contributed by atoms with van der Waals surface area (Å²) >= 11 is 0. The highest BCUT2D eigenvalue weighted by Gasteiger charge is 2.32. The maximum absolute atomic E-state index is 12.6. The molecule has 8 nitrogen and oxygen atoms in total. The Morgan fingerprint density at radius 2 is 1.76 bits per heavy atom. The molecule has 1 fully saturated rings. The van der Waals surface area contributed by atoms with Gasteiger partial charge in [-0.05, 0) is 25.7 Å². The van der Waals surface area contributed by atoms with E-state index in [4.69, 9.17) is 0 Å². The van der Waals surface area contributed by atoms with Gasteiger partial charge in [0.1, 0.15) is 5.69 Å². The van der Waals surface area contributed by atoms with Crippen LogP contribution in [0.2, 0.25) is 0 Å². The van der Waals surface area contributed by atoms with Crippen LogP contribution in [0.5, 0.6) is 0 Å². The highest BCUT2D eigenvalue weighted by atomic mass is 32.2. The van der Waals surface area contributed by atoms with Gasteiger partial charge in [-0.3, -0.25) is 14.1 Å². The number of H-pyrrole nitrogens is 2. The van der Waals surface area contributed by atoms with Crippen LogP contribution < -0.4 is 15.6 Å². The first kappa shape index (κ1) is 15.8. The minimum atomic E-state index is -3.77. The van der Waals surface area contributed by atoms with Crippen molar-refractivity contribution in [2.45, 2.75) is 26.7 Å². The topological polar surface area (TPSA) is 106 Å². The average molecular weight is 316 g/mol. The van der Waals surface area contributed by atoms with Crippen LogP contribution in [-0.4, -0.2) is 42.8 Å². The largest absolute Gasteiger partial charge is 0.326 e. The number of aryl methyl sites for hydroxylation is 1. The third-order valence-electron chi connectivity index (χ3n) is 3.83. The minimum absolute atomic E-state index is 0.0618.